The van der Waals surface area contributed by atoms with Crippen LogP contribution in [0.15, 0.2) is 72.8 Å². The van der Waals surface area contributed by atoms with Gasteiger partial charge in [0.05, 0.1) is 6.54 Å². The van der Waals surface area contributed by atoms with Gasteiger partial charge in [0.25, 0.3) is 0 Å². The van der Waals surface area contributed by atoms with Gasteiger partial charge < -0.3 is 21.5 Å². The van der Waals surface area contributed by atoms with Crippen LogP contribution in [0, 0.1) is 5.41 Å². The topological polar surface area (TPSA) is 152 Å². The van der Waals surface area contributed by atoms with Crippen molar-refractivity contribution >= 4 is 23.4 Å². The van der Waals surface area contributed by atoms with Crippen molar-refractivity contribution in [1.82, 2.24) is 10.2 Å². The molecule has 4 rings (SSSR count). The number of amidine groups is 1. The normalized spacial score (nSPS) is 15.2. The fourth-order valence-corrected chi connectivity index (χ4v) is 5.92. The second kappa shape index (κ2) is 14.1. The molecule has 0 aromatic heterocycles. The van der Waals surface area contributed by atoms with Gasteiger partial charge in [0, 0.05) is 23.7 Å². The lowest BCUT2D eigenvalue weighted by molar-refractivity contribution is -0.133. The molecule has 1 aliphatic carbocycles. The monoisotopic (exact) mass is 611 g/mol. The highest BCUT2D eigenvalue weighted by Gasteiger charge is 2.49. The molecule has 0 radical (unpaired) electrons. The van der Waals surface area contributed by atoms with Gasteiger partial charge in [-0.15, -0.1) is 0 Å². The number of carbonyl (C=O) groups is 3. The van der Waals surface area contributed by atoms with Gasteiger partial charge in [0.1, 0.15) is 17.3 Å². The summed E-state index contributed by atoms with van der Waals surface area (Å²) >= 11 is 0. The quantitative estimate of drug-likeness (QED) is 0.0927. The second-order valence-corrected chi connectivity index (χ2v) is 13.0. The van der Waals surface area contributed by atoms with E-state index in [2.05, 4.69) is 38.2 Å². The van der Waals surface area contributed by atoms with Gasteiger partial charge in [0.15, 0.2) is 11.3 Å². The summed E-state index contributed by atoms with van der Waals surface area (Å²) in [6.07, 6.45) is 4.66. The highest BCUT2D eigenvalue weighted by atomic mass is 16.5. The van der Waals surface area contributed by atoms with E-state index in [0.29, 0.717) is 17.1 Å². The Morgan fingerprint density at radius 2 is 1.51 bits per heavy atom. The Balaban J connectivity index is 1.72. The van der Waals surface area contributed by atoms with Crippen LogP contribution < -0.4 is 21.5 Å². The van der Waals surface area contributed by atoms with Crippen molar-refractivity contribution < 1.29 is 19.1 Å². The minimum atomic E-state index is -1.70. The zero-order chi connectivity index (χ0) is 32.8. The second-order valence-electron chi connectivity index (χ2n) is 13.0. The first-order chi connectivity index (χ1) is 21.3. The minimum Gasteiger partial charge on any atom is -0.457 e. The van der Waals surface area contributed by atoms with Gasteiger partial charge in [-0.1, -0.05) is 82.5 Å². The number of nitrogens with two attached hydrogens (primary N) is 2. The van der Waals surface area contributed by atoms with Crippen molar-refractivity contribution in [2.45, 2.75) is 83.3 Å². The number of benzene rings is 3. The number of carbonyl (C=O) groups excluding carboxylic acids is 3. The molecule has 3 aromatic rings. The number of hydrogen-bond acceptors (Lipinski definition) is 6. The molecule has 0 saturated heterocycles. The number of nitrogens with one attached hydrogen (secondary N) is 2. The van der Waals surface area contributed by atoms with Crippen LogP contribution in [0.3, 0.4) is 0 Å². The lowest BCUT2D eigenvalue weighted by Crippen LogP contribution is -2.64. The van der Waals surface area contributed by atoms with Crippen molar-refractivity contribution in [3.8, 4) is 11.5 Å². The predicted molar refractivity (Wildman–Crippen MR) is 176 cm³/mol. The highest BCUT2D eigenvalue weighted by Crippen LogP contribution is 2.34. The summed E-state index contributed by atoms with van der Waals surface area (Å²) in [5.74, 6) is -0.610. The van der Waals surface area contributed by atoms with Gasteiger partial charge in [-0.3, -0.25) is 24.7 Å². The fraction of sp³-hybridized carbons (Fsp3) is 0.389. The number of amides is 2. The van der Waals surface area contributed by atoms with E-state index in [1.54, 1.807) is 25.1 Å². The van der Waals surface area contributed by atoms with Crippen LogP contribution in [0.4, 0.5) is 0 Å². The molecular weight excluding hydrogens is 566 g/mol. The molecule has 1 aliphatic rings. The molecule has 238 valence electrons. The van der Waals surface area contributed by atoms with E-state index in [-0.39, 0.29) is 29.4 Å². The van der Waals surface area contributed by atoms with Gasteiger partial charge in [-0.05, 0) is 66.6 Å². The van der Waals surface area contributed by atoms with E-state index in [0.717, 1.165) is 37.7 Å². The van der Waals surface area contributed by atoms with E-state index >= 15 is 0 Å². The Hall–Kier alpha value is -4.50. The summed E-state index contributed by atoms with van der Waals surface area (Å²) in [6, 6.07) is 22.1. The first kappa shape index (κ1) is 33.4. The number of hydrogen-bond donors (Lipinski definition) is 4. The highest BCUT2D eigenvalue weighted by molar-refractivity contribution is 6.18. The van der Waals surface area contributed by atoms with Crippen LogP contribution in [-0.2, 0) is 21.5 Å². The molecule has 1 saturated carbocycles. The van der Waals surface area contributed by atoms with Crippen LogP contribution in [0.25, 0.3) is 0 Å². The van der Waals surface area contributed by atoms with Gasteiger partial charge in [-0.2, -0.15) is 0 Å². The lowest BCUT2D eigenvalue weighted by Gasteiger charge is -2.45. The molecule has 45 heavy (non-hydrogen) atoms. The maximum atomic E-state index is 14.5. The number of nitrogens with zero attached hydrogens (tertiary/aromatic N) is 1. The van der Waals surface area contributed by atoms with Crippen LogP contribution in [0.2, 0.25) is 0 Å². The Labute approximate surface area is 265 Å². The molecule has 6 N–H and O–H groups in total. The molecule has 0 unspecified atom stereocenters. The number of Topliss-reactive ketones (excluding diaryl/α,β-unsaturated/α-hetero) is 1. The number of ether oxygens (including phenoxy) is 1. The minimum absolute atomic E-state index is 0.0300. The molecule has 1 fully saturated rings. The summed E-state index contributed by atoms with van der Waals surface area (Å²) in [6.45, 7) is 7.98. The maximum absolute atomic E-state index is 14.5. The summed E-state index contributed by atoms with van der Waals surface area (Å²) in [4.78, 5) is 42.1. The summed E-state index contributed by atoms with van der Waals surface area (Å²) in [7, 11) is 0. The Morgan fingerprint density at radius 1 is 0.867 bits per heavy atom. The van der Waals surface area contributed by atoms with E-state index in [1.165, 1.54) is 11.6 Å². The molecule has 0 heterocycles. The smallest absolute Gasteiger partial charge is 0.248 e. The predicted octanol–water partition coefficient (Wildman–Crippen LogP) is 5.44. The molecule has 9 nitrogen and oxygen atoms in total. The first-order valence-corrected chi connectivity index (χ1v) is 15.5. The summed E-state index contributed by atoms with van der Waals surface area (Å²) in [5.41, 5.74) is 12.1. The molecule has 2 amide bonds. The molecular formula is C36H45N5O4. The largest absolute Gasteiger partial charge is 0.457 e. The number of rotatable bonds is 12. The van der Waals surface area contributed by atoms with Crippen molar-refractivity contribution in [1.29, 1.82) is 5.41 Å². The van der Waals surface area contributed by atoms with E-state index < -0.39 is 29.7 Å². The van der Waals surface area contributed by atoms with E-state index in [4.69, 9.17) is 21.6 Å². The third-order valence-corrected chi connectivity index (χ3v) is 8.54. The van der Waals surface area contributed by atoms with Gasteiger partial charge >= 0.3 is 0 Å². The van der Waals surface area contributed by atoms with Gasteiger partial charge in [0.2, 0.25) is 11.8 Å². The van der Waals surface area contributed by atoms with Crippen LogP contribution in [0.5, 0.6) is 11.5 Å². The standard InChI is InChI=1S/C36H45N5O4/c1-35(2,3)27-16-18-29(19-17-27)45-30-15-8-10-24(20-30)23-41(28-13-6-5-7-14-28)36(4,34(44)40-22-31(37)42)32(43)25-11-9-12-26(21-25)33(38)39/h8-12,15-21,28H,5-7,13-14,22-23H2,1-4H3,(H2,37,42)(H3,38,39)(H,40,44)/t36-/m1/s1. The lowest BCUT2D eigenvalue weighted by atomic mass is 9.83. The zero-order valence-corrected chi connectivity index (χ0v) is 26.7. The number of ketones is 1. The van der Waals surface area contributed by atoms with Gasteiger partial charge in [-0.25, -0.2) is 0 Å². The molecule has 9 heteroatoms. The Bertz CT molecular complexity index is 1540. The number of nitrogen functional groups attached to an aromatic ring is 1. The third-order valence-electron chi connectivity index (χ3n) is 8.54. The van der Waals surface area contributed by atoms with E-state index in [1.807, 2.05) is 41.3 Å². The van der Waals surface area contributed by atoms with Crippen molar-refractivity contribution in [2.24, 2.45) is 11.5 Å². The van der Waals surface area contributed by atoms with Crippen LogP contribution in [-0.4, -0.2) is 46.5 Å². The first-order valence-electron chi connectivity index (χ1n) is 15.5. The number of primary amides is 1. The fourth-order valence-electron chi connectivity index (χ4n) is 5.92. The van der Waals surface area contributed by atoms with Crippen molar-refractivity contribution in [3.05, 3.63) is 95.1 Å². The molecule has 1 atom stereocenters. The molecule has 0 aliphatic heterocycles. The SMILES string of the molecule is CC(C)(C)c1ccc(Oc2cccc(CN(C3CCCCC3)[C@@](C)(C(=O)NCC(N)=O)C(=O)c3cccc(C(=N)N)c3)c2)cc1. The Morgan fingerprint density at radius 3 is 2.13 bits per heavy atom. The molecule has 0 bridgehead atoms. The average molecular weight is 612 g/mol. The van der Waals surface area contributed by atoms with Crippen molar-refractivity contribution in [3.63, 3.8) is 0 Å². The summed E-state index contributed by atoms with van der Waals surface area (Å²) < 4.78 is 6.22. The van der Waals surface area contributed by atoms with E-state index in [9.17, 15) is 14.4 Å². The Kier molecular flexibility index (Phi) is 10.4. The molecule has 0 spiro atoms. The van der Waals surface area contributed by atoms with Crippen LogP contribution >= 0.6 is 0 Å². The molecule has 3 aromatic carbocycles. The average Bonchev–Trinajstić information content (AvgIpc) is 3.02. The van der Waals surface area contributed by atoms with Crippen LogP contribution in [0.1, 0.15) is 86.8 Å². The zero-order valence-electron chi connectivity index (χ0n) is 26.7. The maximum Gasteiger partial charge on any atom is 0.248 e. The summed E-state index contributed by atoms with van der Waals surface area (Å²) in [5, 5.41) is 10.5. The third kappa shape index (κ3) is 8.16. The van der Waals surface area contributed by atoms with Crippen molar-refractivity contribution in [2.75, 3.05) is 6.54 Å².